The normalized spacial score (nSPS) is 10.2. The Morgan fingerprint density at radius 1 is 1.11 bits per heavy atom. The molecule has 0 N–H and O–H groups in total. The van der Waals surface area contributed by atoms with E-state index in [0.717, 1.165) is 10.8 Å². The monoisotopic (exact) mass is 388 g/mol. The van der Waals surface area contributed by atoms with Gasteiger partial charge < -0.3 is 4.74 Å². The second kappa shape index (κ2) is 5.87. The lowest BCUT2D eigenvalue weighted by Crippen LogP contribution is -1.88. The van der Waals surface area contributed by atoms with E-state index in [1.165, 1.54) is 0 Å². The molecule has 2 aromatic carbocycles. The van der Waals surface area contributed by atoms with Crippen LogP contribution in [0.4, 0.5) is 0 Å². The van der Waals surface area contributed by atoms with Crippen LogP contribution >= 0.6 is 43.5 Å². The highest BCUT2D eigenvalue weighted by Crippen LogP contribution is 2.33. The lowest BCUT2D eigenvalue weighted by molar-refractivity contribution is 0.112. The van der Waals surface area contributed by atoms with Crippen molar-refractivity contribution in [2.75, 3.05) is 0 Å². The third-order valence-electron chi connectivity index (χ3n) is 2.22. The van der Waals surface area contributed by atoms with Gasteiger partial charge in [-0.2, -0.15) is 0 Å². The number of benzene rings is 2. The zero-order chi connectivity index (χ0) is 13.1. The van der Waals surface area contributed by atoms with Crippen molar-refractivity contribution in [2.24, 2.45) is 0 Å². The highest BCUT2D eigenvalue weighted by Gasteiger charge is 2.06. The fourth-order valence-electron chi connectivity index (χ4n) is 1.35. The molecular weight excluding hydrogens is 383 g/mol. The van der Waals surface area contributed by atoms with Crippen LogP contribution in [0.2, 0.25) is 5.02 Å². The molecule has 0 aliphatic heterocycles. The van der Waals surface area contributed by atoms with Gasteiger partial charge in [-0.1, -0.05) is 27.5 Å². The SMILES string of the molecule is O=Cc1ccc(Oc2cc(Br)ccc2Cl)cc1Br. The van der Waals surface area contributed by atoms with Gasteiger partial charge in [0.05, 0.1) is 5.02 Å². The molecule has 0 spiro atoms. The molecule has 0 bridgehead atoms. The number of halogens is 3. The number of carbonyl (C=O) groups is 1. The van der Waals surface area contributed by atoms with E-state index in [-0.39, 0.29) is 0 Å². The molecule has 0 radical (unpaired) electrons. The number of rotatable bonds is 3. The van der Waals surface area contributed by atoms with Gasteiger partial charge in [-0.25, -0.2) is 0 Å². The Bertz CT molecular complexity index is 600. The van der Waals surface area contributed by atoms with Crippen molar-refractivity contribution < 1.29 is 9.53 Å². The topological polar surface area (TPSA) is 26.3 Å². The van der Waals surface area contributed by atoms with Gasteiger partial charge in [0.25, 0.3) is 0 Å². The maximum absolute atomic E-state index is 10.7. The predicted molar refractivity (Wildman–Crippen MR) is 78.8 cm³/mol. The van der Waals surface area contributed by atoms with E-state index < -0.39 is 0 Å². The van der Waals surface area contributed by atoms with Crippen molar-refractivity contribution >= 4 is 49.7 Å². The molecule has 0 fully saturated rings. The Morgan fingerprint density at radius 3 is 2.56 bits per heavy atom. The van der Waals surface area contributed by atoms with E-state index in [1.807, 2.05) is 6.07 Å². The van der Waals surface area contributed by atoms with Crippen molar-refractivity contribution in [3.63, 3.8) is 0 Å². The molecule has 0 aliphatic rings. The average Bonchev–Trinajstić information content (AvgIpc) is 2.34. The Balaban J connectivity index is 2.31. The minimum absolute atomic E-state index is 0.522. The van der Waals surface area contributed by atoms with Crippen molar-refractivity contribution in [2.45, 2.75) is 0 Å². The number of hydrogen-bond acceptors (Lipinski definition) is 2. The fourth-order valence-corrected chi connectivity index (χ4v) is 2.30. The van der Waals surface area contributed by atoms with Gasteiger partial charge >= 0.3 is 0 Å². The van der Waals surface area contributed by atoms with Gasteiger partial charge in [0.15, 0.2) is 6.29 Å². The van der Waals surface area contributed by atoms with Crippen LogP contribution < -0.4 is 4.74 Å². The van der Waals surface area contributed by atoms with Crippen molar-refractivity contribution in [3.8, 4) is 11.5 Å². The number of hydrogen-bond donors (Lipinski definition) is 0. The minimum Gasteiger partial charge on any atom is -0.456 e. The van der Waals surface area contributed by atoms with Crippen molar-refractivity contribution in [3.05, 3.63) is 55.9 Å². The Kier molecular flexibility index (Phi) is 4.43. The van der Waals surface area contributed by atoms with Crippen molar-refractivity contribution in [1.82, 2.24) is 0 Å². The highest BCUT2D eigenvalue weighted by molar-refractivity contribution is 9.10. The van der Waals surface area contributed by atoms with E-state index in [1.54, 1.807) is 30.3 Å². The van der Waals surface area contributed by atoms with Crippen LogP contribution in [-0.4, -0.2) is 6.29 Å². The lowest BCUT2D eigenvalue weighted by atomic mass is 10.2. The summed E-state index contributed by atoms with van der Waals surface area (Å²) in [6, 6.07) is 10.5. The van der Waals surface area contributed by atoms with E-state index in [9.17, 15) is 4.79 Å². The Morgan fingerprint density at radius 2 is 1.89 bits per heavy atom. The first-order valence-electron chi connectivity index (χ1n) is 4.98. The zero-order valence-corrected chi connectivity index (χ0v) is 12.9. The van der Waals surface area contributed by atoms with Crippen LogP contribution in [0.15, 0.2) is 45.3 Å². The molecule has 0 unspecified atom stereocenters. The molecular formula is C13H7Br2ClO2. The van der Waals surface area contributed by atoms with Gasteiger partial charge in [-0.05, 0) is 52.3 Å². The van der Waals surface area contributed by atoms with Crippen LogP contribution in [0.3, 0.4) is 0 Å². The van der Waals surface area contributed by atoms with Crippen LogP contribution in [0, 0.1) is 0 Å². The molecule has 0 aromatic heterocycles. The van der Waals surface area contributed by atoms with Gasteiger partial charge in [0.1, 0.15) is 11.5 Å². The summed E-state index contributed by atoms with van der Waals surface area (Å²) in [5.41, 5.74) is 0.572. The maximum atomic E-state index is 10.7. The van der Waals surface area contributed by atoms with Gasteiger partial charge in [0, 0.05) is 14.5 Å². The molecule has 2 nitrogen and oxygen atoms in total. The Labute approximate surface area is 126 Å². The smallest absolute Gasteiger partial charge is 0.151 e. The van der Waals surface area contributed by atoms with Crippen LogP contribution in [0.5, 0.6) is 11.5 Å². The zero-order valence-electron chi connectivity index (χ0n) is 8.99. The lowest BCUT2D eigenvalue weighted by Gasteiger charge is -2.09. The molecule has 0 saturated carbocycles. The Hall–Kier alpha value is -0.840. The second-order valence-electron chi connectivity index (χ2n) is 3.48. The molecule has 18 heavy (non-hydrogen) atoms. The molecule has 0 atom stereocenters. The average molecular weight is 390 g/mol. The first-order valence-corrected chi connectivity index (χ1v) is 6.94. The summed E-state index contributed by atoms with van der Waals surface area (Å²) in [6.07, 6.45) is 0.778. The molecule has 2 rings (SSSR count). The van der Waals surface area contributed by atoms with Crippen LogP contribution in [0.25, 0.3) is 0 Å². The molecule has 0 amide bonds. The summed E-state index contributed by atoms with van der Waals surface area (Å²) >= 11 is 12.7. The summed E-state index contributed by atoms with van der Waals surface area (Å²) in [6.45, 7) is 0. The molecule has 92 valence electrons. The van der Waals surface area contributed by atoms with Crippen LogP contribution in [-0.2, 0) is 0 Å². The summed E-state index contributed by atoms with van der Waals surface area (Å²) in [5, 5.41) is 0.522. The third kappa shape index (κ3) is 3.13. The number of aldehydes is 1. The van der Waals surface area contributed by atoms with Gasteiger partial charge in [-0.15, -0.1) is 0 Å². The minimum atomic E-state index is 0.522. The summed E-state index contributed by atoms with van der Waals surface area (Å²) in [7, 11) is 0. The molecule has 2 aromatic rings. The van der Waals surface area contributed by atoms with Crippen molar-refractivity contribution in [1.29, 1.82) is 0 Å². The second-order valence-corrected chi connectivity index (χ2v) is 5.66. The third-order valence-corrected chi connectivity index (χ3v) is 3.71. The molecule has 0 heterocycles. The summed E-state index contributed by atoms with van der Waals surface area (Å²) in [5.74, 6) is 1.16. The van der Waals surface area contributed by atoms with Gasteiger partial charge in [-0.3, -0.25) is 4.79 Å². The maximum Gasteiger partial charge on any atom is 0.151 e. The van der Waals surface area contributed by atoms with E-state index >= 15 is 0 Å². The molecule has 0 saturated heterocycles. The van der Waals surface area contributed by atoms with E-state index in [0.29, 0.717) is 26.6 Å². The standard InChI is InChI=1S/C13H7Br2ClO2/c14-9-2-4-12(16)13(5-9)18-10-3-1-8(7-17)11(15)6-10/h1-7H. The highest BCUT2D eigenvalue weighted by atomic mass is 79.9. The van der Waals surface area contributed by atoms with Gasteiger partial charge in [0.2, 0.25) is 0 Å². The number of ether oxygens (including phenoxy) is 1. The first-order chi connectivity index (χ1) is 8.60. The van der Waals surface area contributed by atoms with E-state index in [2.05, 4.69) is 31.9 Å². The predicted octanol–water partition coefficient (Wildman–Crippen LogP) is 5.47. The fraction of sp³-hybridized carbons (Fsp3) is 0. The molecule has 5 heteroatoms. The number of carbonyl (C=O) groups excluding carboxylic acids is 1. The quantitative estimate of drug-likeness (QED) is 0.650. The van der Waals surface area contributed by atoms with Crippen LogP contribution in [0.1, 0.15) is 10.4 Å². The summed E-state index contributed by atoms with van der Waals surface area (Å²) < 4.78 is 7.22. The molecule has 0 aliphatic carbocycles. The van der Waals surface area contributed by atoms with E-state index in [4.69, 9.17) is 16.3 Å². The summed E-state index contributed by atoms with van der Waals surface area (Å²) in [4.78, 5) is 10.7. The largest absolute Gasteiger partial charge is 0.456 e. The first kappa shape index (κ1) is 13.6.